The zero-order valence-electron chi connectivity index (χ0n) is 10.3. The predicted molar refractivity (Wildman–Crippen MR) is 89.9 cm³/mol. The molecular formula is C14H9BrCl4O. The van der Waals surface area contributed by atoms with Crippen molar-refractivity contribution in [1.82, 2.24) is 0 Å². The number of ether oxygens (including phenoxy) is 1. The number of halogens is 5. The molecule has 0 radical (unpaired) electrons. The fourth-order valence-corrected chi connectivity index (χ4v) is 3.38. The van der Waals surface area contributed by atoms with Crippen molar-refractivity contribution in [2.75, 3.05) is 7.11 Å². The number of alkyl halides is 1. The molecule has 6 heteroatoms. The van der Waals surface area contributed by atoms with E-state index in [4.69, 9.17) is 51.1 Å². The van der Waals surface area contributed by atoms with E-state index in [1.54, 1.807) is 12.1 Å². The molecule has 0 fully saturated rings. The average molecular weight is 415 g/mol. The number of hydrogen-bond donors (Lipinski definition) is 0. The number of hydrogen-bond acceptors (Lipinski definition) is 1. The molecule has 0 N–H and O–H groups in total. The second-order valence-electron chi connectivity index (χ2n) is 4.01. The van der Waals surface area contributed by atoms with Gasteiger partial charge in [0.05, 0.1) is 22.5 Å². The smallest absolute Gasteiger partial charge is 0.138 e. The van der Waals surface area contributed by atoms with Crippen LogP contribution in [0.25, 0.3) is 0 Å². The molecule has 1 nitrogen and oxygen atoms in total. The van der Waals surface area contributed by atoms with Crippen molar-refractivity contribution in [3.8, 4) is 5.75 Å². The highest BCUT2D eigenvalue weighted by molar-refractivity contribution is 9.10. The largest absolute Gasteiger partial charge is 0.495 e. The van der Waals surface area contributed by atoms with Crippen LogP contribution in [0, 0.1) is 0 Å². The molecule has 0 heterocycles. The summed E-state index contributed by atoms with van der Waals surface area (Å²) in [7, 11) is 1.53. The van der Waals surface area contributed by atoms with Gasteiger partial charge in [-0.25, -0.2) is 0 Å². The Morgan fingerprint density at radius 3 is 2.40 bits per heavy atom. The summed E-state index contributed by atoms with van der Waals surface area (Å²) in [4.78, 5) is 0. The fraction of sp³-hybridized carbons (Fsp3) is 0.143. The zero-order chi connectivity index (χ0) is 14.9. The van der Waals surface area contributed by atoms with E-state index < -0.39 is 5.38 Å². The van der Waals surface area contributed by atoms with Crippen LogP contribution >= 0.6 is 62.3 Å². The molecule has 0 saturated heterocycles. The topological polar surface area (TPSA) is 9.23 Å². The molecule has 0 aromatic heterocycles. The van der Waals surface area contributed by atoms with Crippen LogP contribution in [0.2, 0.25) is 15.1 Å². The molecule has 106 valence electrons. The Hall–Kier alpha value is -0.120. The highest BCUT2D eigenvalue weighted by Gasteiger charge is 2.20. The van der Waals surface area contributed by atoms with Crippen LogP contribution in [0.4, 0.5) is 0 Å². The summed E-state index contributed by atoms with van der Waals surface area (Å²) in [6.45, 7) is 0. The van der Waals surface area contributed by atoms with Gasteiger partial charge in [0.15, 0.2) is 0 Å². The summed E-state index contributed by atoms with van der Waals surface area (Å²) in [6, 6.07) is 8.88. The molecule has 0 spiro atoms. The summed E-state index contributed by atoms with van der Waals surface area (Å²) in [5.41, 5.74) is 1.44. The second-order valence-corrected chi connectivity index (χ2v) is 6.50. The minimum atomic E-state index is -0.504. The minimum absolute atomic E-state index is 0.448. The molecule has 1 unspecified atom stereocenters. The molecule has 0 bridgehead atoms. The van der Waals surface area contributed by atoms with Crippen molar-refractivity contribution in [1.29, 1.82) is 0 Å². The Morgan fingerprint density at radius 1 is 1.05 bits per heavy atom. The van der Waals surface area contributed by atoms with Crippen LogP contribution in [0.15, 0.2) is 34.8 Å². The van der Waals surface area contributed by atoms with Gasteiger partial charge in [-0.1, -0.05) is 46.9 Å². The molecule has 0 aliphatic rings. The Labute approximate surface area is 145 Å². The summed E-state index contributed by atoms with van der Waals surface area (Å²) < 4.78 is 5.89. The molecule has 0 amide bonds. The van der Waals surface area contributed by atoms with Crippen molar-refractivity contribution in [2.24, 2.45) is 0 Å². The summed E-state index contributed by atoms with van der Waals surface area (Å²) in [5.74, 6) is 0.504. The Kier molecular flexibility index (Phi) is 5.49. The third-order valence-electron chi connectivity index (χ3n) is 2.80. The van der Waals surface area contributed by atoms with Crippen LogP contribution in [0.1, 0.15) is 16.5 Å². The van der Waals surface area contributed by atoms with E-state index in [0.29, 0.717) is 26.4 Å². The van der Waals surface area contributed by atoms with Crippen LogP contribution in [-0.2, 0) is 0 Å². The highest BCUT2D eigenvalue weighted by Crippen LogP contribution is 2.42. The maximum Gasteiger partial charge on any atom is 0.138 e. The van der Waals surface area contributed by atoms with Crippen LogP contribution in [-0.4, -0.2) is 7.11 Å². The SMILES string of the molecule is COc1cc(Cl)c(C(Cl)c2cccc(Br)c2Cl)cc1Cl. The van der Waals surface area contributed by atoms with Gasteiger partial charge in [-0.05, 0) is 39.2 Å². The van der Waals surface area contributed by atoms with Crippen LogP contribution < -0.4 is 4.74 Å². The molecule has 0 saturated carbocycles. The van der Waals surface area contributed by atoms with Crippen molar-refractivity contribution < 1.29 is 4.74 Å². The minimum Gasteiger partial charge on any atom is -0.495 e. The standard InChI is InChI=1S/C14H9BrCl4O/c1-20-12-6-10(16)8(5-11(12)17)13(18)7-3-2-4-9(15)14(7)19/h2-6,13H,1H3. The first-order valence-electron chi connectivity index (χ1n) is 5.56. The molecule has 0 aliphatic carbocycles. The van der Waals surface area contributed by atoms with Crippen LogP contribution in [0.3, 0.4) is 0 Å². The van der Waals surface area contributed by atoms with Crippen molar-refractivity contribution in [3.63, 3.8) is 0 Å². The van der Waals surface area contributed by atoms with E-state index in [1.165, 1.54) is 7.11 Å². The lowest BCUT2D eigenvalue weighted by molar-refractivity contribution is 0.415. The summed E-state index contributed by atoms with van der Waals surface area (Å²) in [6.07, 6.45) is 0. The number of benzene rings is 2. The normalized spacial score (nSPS) is 12.3. The van der Waals surface area contributed by atoms with E-state index >= 15 is 0 Å². The monoisotopic (exact) mass is 412 g/mol. The lowest BCUT2D eigenvalue weighted by atomic mass is 10.0. The van der Waals surface area contributed by atoms with Gasteiger partial charge in [-0.3, -0.25) is 0 Å². The molecule has 20 heavy (non-hydrogen) atoms. The molecular weight excluding hydrogens is 406 g/mol. The molecule has 2 aromatic carbocycles. The lowest BCUT2D eigenvalue weighted by Gasteiger charge is -2.16. The fourth-order valence-electron chi connectivity index (χ4n) is 1.78. The third-order valence-corrected chi connectivity index (χ3v) is 5.20. The first-order valence-corrected chi connectivity index (χ1v) is 7.93. The Balaban J connectivity index is 2.51. The van der Waals surface area contributed by atoms with Gasteiger partial charge in [0.25, 0.3) is 0 Å². The lowest BCUT2D eigenvalue weighted by Crippen LogP contribution is -1.97. The quantitative estimate of drug-likeness (QED) is 0.505. The predicted octanol–water partition coefficient (Wildman–Crippen LogP) is 6.75. The van der Waals surface area contributed by atoms with Gasteiger partial charge in [-0.15, -0.1) is 11.6 Å². The number of methoxy groups -OCH3 is 1. The van der Waals surface area contributed by atoms with Crippen LogP contribution in [0.5, 0.6) is 5.75 Å². The van der Waals surface area contributed by atoms with Gasteiger partial charge in [0.2, 0.25) is 0 Å². The van der Waals surface area contributed by atoms with Gasteiger partial charge in [0.1, 0.15) is 5.75 Å². The van der Waals surface area contributed by atoms with Gasteiger partial charge >= 0.3 is 0 Å². The number of rotatable bonds is 3. The van der Waals surface area contributed by atoms with Gasteiger partial charge < -0.3 is 4.74 Å². The van der Waals surface area contributed by atoms with E-state index in [0.717, 1.165) is 10.0 Å². The highest BCUT2D eigenvalue weighted by atomic mass is 79.9. The molecule has 2 rings (SSSR count). The maximum absolute atomic E-state index is 6.49. The average Bonchev–Trinajstić information content (AvgIpc) is 2.43. The third kappa shape index (κ3) is 3.20. The first kappa shape index (κ1) is 16.3. The van der Waals surface area contributed by atoms with E-state index in [2.05, 4.69) is 15.9 Å². The van der Waals surface area contributed by atoms with E-state index in [-0.39, 0.29) is 0 Å². The van der Waals surface area contributed by atoms with Crippen molar-refractivity contribution in [3.05, 3.63) is 61.0 Å². The zero-order valence-corrected chi connectivity index (χ0v) is 14.9. The molecule has 1 atom stereocenters. The van der Waals surface area contributed by atoms with E-state index in [9.17, 15) is 0 Å². The summed E-state index contributed by atoms with van der Waals surface area (Å²) >= 11 is 28.5. The summed E-state index contributed by atoms with van der Waals surface area (Å²) in [5, 5.41) is 0.970. The Morgan fingerprint density at radius 2 is 1.75 bits per heavy atom. The van der Waals surface area contributed by atoms with Crippen molar-refractivity contribution in [2.45, 2.75) is 5.38 Å². The molecule has 2 aromatic rings. The van der Waals surface area contributed by atoms with Crippen molar-refractivity contribution >= 4 is 62.3 Å². The maximum atomic E-state index is 6.49. The van der Waals surface area contributed by atoms with Gasteiger partial charge in [-0.2, -0.15) is 0 Å². The van der Waals surface area contributed by atoms with E-state index in [1.807, 2.05) is 18.2 Å². The Bertz CT molecular complexity index is 645. The first-order chi connectivity index (χ1) is 9.45. The molecule has 0 aliphatic heterocycles. The van der Waals surface area contributed by atoms with Gasteiger partial charge in [0, 0.05) is 15.6 Å². The second kappa shape index (κ2) is 6.76.